The summed E-state index contributed by atoms with van der Waals surface area (Å²) in [6, 6.07) is 8.70. The molecule has 1 heterocycles. The fraction of sp³-hybridized carbons (Fsp3) is 0.636. The molecule has 1 amide bonds. The van der Waals surface area contributed by atoms with Gasteiger partial charge in [0.2, 0.25) is 5.91 Å². The molecule has 0 spiro atoms. The first kappa shape index (κ1) is 20.0. The highest BCUT2D eigenvalue weighted by atomic mass is 16.5. The van der Waals surface area contributed by atoms with Crippen LogP contribution in [0.5, 0.6) is 5.75 Å². The van der Waals surface area contributed by atoms with E-state index in [-0.39, 0.29) is 5.91 Å². The third-order valence-corrected chi connectivity index (χ3v) is 5.95. The van der Waals surface area contributed by atoms with Crippen LogP contribution in [0.1, 0.15) is 37.7 Å². The first-order chi connectivity index (χ1) is 14.2. The van der Waals surface area contributed by atoms with Gasteiger partial charge < -0.3 is 20.3 Å². The van der Waals surface area contributed by atoms with Gasteiger partial charge in [0.25, 0.3) is 0 Å². The lowest BCUT2D eigenvalue weighted by atomic mass is 9.96. The van der Waals surface area contributed by atoms with Gasteiger partial charge in [0.05, 0.1) is 12.6 Å². The minimum atomic E-state index is 0.159. The van der Waals surface area contributed by atoms with E-state index in [0.717, 1.165) is 69.1 Å². The molecule has 2 saturated carbocycles. The van der Waals surface area contributed by atoms with Crippen LogP contribution < -0.4 is 15.4 Å². The minimum Gasteiger partial charge on any atom is -0.490 e. The van der Waals surface area contributed by atoms with Crippen LogP contribution in [-0.2, 0) is 11.3 Å². The summed E-state index contributed by atoms with van der Waals surface area (Å²) in [4.78, 5) is 21.0. The van der Waals surface area contributed by atoms with Crippen molar-refractivity contribution in [3.63, 3.8) is 0 Å². The third kappa shape index (κ3) is 5.63. The Hall–Kier alpha value is -2.28. The normalized spacial score (nSPS) is 20.9. The number of nitrogens with zero attached hydrogens (tertiary/aromatic N) is 3. The van der Waals surface area contributed by atoms with Crippen LogP contribution in [0, 0.1) is 0 Å². The Balaban J connectivity index is 1.24. The molecule has 2 N–H and O–H groups in total. The maximum atomic E-state index is 12.0. The SMILES string of the molecule is CN=C(NCc1ccccc1OC1CCC1)N1CCN(CC(=O)NC2CC2)CC1. The van der Waals surface area contributed by atoms with E-state index in [4.69, 9.17) is 4.74 Å². The van der Waals surface area contributed by atoms with E-state index in [0.29, 0.717) is 25.2 Å². The van der Waals surface area contributed by atoms with Gasteiger partial charge in [0, 0.05) is 51.4 Å². The molecule has 29 heavy (non-hydrogen) atoms. The number of benzene rings is 1. The number of ether oxygens (including phenoxy) is 1. The van der Waals surface area contributed by atoms with Crippen LogP contribution in [0.2, 0.25) is 0 Å². The number of hydrogen-bond donors (Lipinski definition) is 2. The van der Waals surface area contributed by atoms with Crippen molar-refractivity contribution in [3.05, 3.63) is 29.8 Å². The Bertz CT molecular complexity index is 722. The van der Waals surface area contributed by atoms with E-state index in [1.54, 1.807) is 0 Å². The van der Waals surface area contributed by atoms with Crippen molar-refractivity contribution < 1.29 is 9.53 Å². The number of rotatable bonds is 7. The number of piperazine rings is 1. The van der Waals surface area contributed by atoms with Gasteiger partial charge in [-0.2, -0.15) is 0 Å². The lowest BCUT2D eigenvalue weighted by molar-refractivity contribution is -0.122. The molecule has 3 fully saturated rings. The van der Waals surface area contributed by atoms with Gasteiger partial charge in [0.15, 0.2) is 5.96 Å². The van der Waals surface area contributed by atoms with Crippen LogP contribution in [0.15, 0.2) is 29.3 Å². The van der Waals surface area contributed by atoms with E-state index < -0.39 is 0 Å². The van der Waals surface area contributed by atoms with Gasteiger partial charge in [-0.1, -0.05) is 18.2 Å². The molecule has 0 radical (unpaired) electrons. The third-order valence-electron chi connectivity index (χ3n) is 5.95. The standard InChI is InChI=1S/C22H33N5O2/c1-23-22(24-15-17-5-2-3-8-20(17)29-19-6-4-7-19)27-13-11-26(12-14-27)16-21(28)25-18-9-10-18/h2-3,5,8,18-19H,4,6-7,9-16H2,1H3,(H,23,24)(H,25,28). The maximum Gasteiger partial charge on any atom is 0.234 e. The number of para-hydroxylation sites is 1. The molecule has 1 saturated heterocycles. The fourth-order valence-corrected chi connectivity index (χ4v) is 3.76. The Morgan fingerprint density at radius 1 is 1.14 bits per heavy atom. The summed E-state index contributed by atoms with van der Waals surface area (Å²) in [5.41, 5.74) is 1.16. The Kier molecular flexibility index (Phi) is 6.54. The van der Waals surface area contributed by atoms with Crippen molar-refractivity contribution in [1.82, 2.24) is 20.4 Å². The molecule has 0 bridgehead atoms. The molecule has 0 atom stereocenters. The first-order valence-corrected chi connectivity index (χ1v) is 10.9. The highest BCUT2D eigenvalue weighted by Gasteiger charge is 2.26. The van der Waals surface area contributed by atoms with Crippen LogP contribution >= 0.6 is 0 Å². The highest BCUT2D eigenvalue weighted by Crippen LogP contribution is 2.27. The summed E-state index contributed by atoms with van der Waals surface area (Å²) in [6.07, 6.45) is 6.23. The zero-order chi connectivity index (χ0) is 20.1. The molecule has 2 aliphatic carbocycles. The summed E-state index contributed by atoms with van der Waals surface area (Å²) in [5, 5.41) is 6.56. The molecular formula is C22H33N5O2. The number of carbonyl (C=O) groups excluding carboxylic acids is 1. The van der Waals surface area contributed by atoms with Crippen molar-refractivity contribution >= 4 is 11.9 Å². The van der Waals surface area contributed by atoms with Crippen molar-refractivity contribution in [2.45, 2.75) is 50.8 Å². The molecule has 1 aliphatic heterocycles. The summed E-state index contributed by atoms with van der Waals surface area (Å²) < 4.78 is 6.14. The average molecular weight is 400 g/mol. The zero-order valence-electron chi connectivity index (χ0n) is 17.4. The van der Waals surface area contributed by atoms with E-state index in [2.05, 4.69) is 43.6 Å². The maximum absolute atomic E-state index is 12.0. The summed E-state index contributed by atoms with van der Waals surface area (Å²) in [6.45, 7) is 4.69. The van der Waals surface area contributed by atoms with Crippen LogP contribution in [0.3, 0.4) is 0 Å². The molecule has 7 heteroatoms. The van der Waals surface area contributed by atoms with E-state index >= 15 is 0 Å². The highest BCUT2D eigenvalue weighted by molar-refractivity contribution is 5.80. The van der Waals surface area contributed by atoms with Gasteiger partial charge >= 0.3 is 0 Å². The van der Waals surface area contributed by atoms with Crippen molar-refractivity contribution in [3.8, 4) is 5.75 Å². The molecule has 0 aromatic heterocycles. The predicted octanol–water partition coefficient (Wildman–Crippen LogP) is 1.59. The second-order valence-corrected chi connectivity index (χ2v) is 8.28. The van der Waals surface area contributed by atoms with Gasteiger partial charge in [-0.05, 0) is 38.2 Å². The van der Waals surface area contributed by atoms with Gasteiger partial charge in [0.1, 0.15) is 5.75 Å². The molecule has 7 nitrogen and oxygen atoms in total. The minimum absolute atomic E-state index is 0.159. The Morgan fingerprint density at radius 3 is 2.55 bits per heavy atom. The Morgan fingerprint density at radius 2 is 1.90 bits per heavy atom. The van der Waals surface area contributed by atoms with Crippen molar-refractivity contribution in [2.75, 3.05) is 39.8 Å². The van der Waals surface area contributed by atoms with Crippen molar-refractivity contribution in [1.29, 1.82) is 0 Å². The molecule has 4 rings (SSSR count). The first-order valence-electron chi connectivity index (χ1n) is 10.9. The molecule has 1 aromatic rings. The average Bonchev–Trinajstić information content (AvgIpc) is 3.51. The molecular weight excluding hydrogens is 366 g/mol. The van der Waals surface area contributed by atoms with E-state index in [9.17, 15) is 4.79 Å². The van der Waals surface area contributed by atoms with Crippen LogP contribution in [0.4, 0.5) is 0 Å². The number of amides is 1. The number of aliphatic imine (C=N–C) groups is 1. The molecule has 3 aliphatic rings. The lowest BCUT2D eigenvalue weighted by Crippen LogP contribution is -2.54. The van der Waals surface area contributed by atoms with E-state index in [1.165, 1.54) is 6.42 Å². The number of guanidine groups is 1. The van der Waals surface area contributed by atoms with Gasteiger partial charge in [-0.15, -0.1) is 0 Å². The topological polar surface area (TPSA) is 69.2 Å². The smallest absolute Gasteiger partial charge is 0.234 e. The molecule has 0 unspecified atom stereocenters. The quantitative estimate of drug-likeness (QED) is 0.538. The summed E-state index contributed by atoms with van der Waals surface area (Å²) in [7, 11) is 1.83. The summed E-state index contributed by atoms with van der Waals surface area (Å²) >= 11 is 0. The Labute approximate surface area is 173 Å². The number of nitrogens with one attached hydrogen (secondary N) is 2. The second-order valence-electron chi connectivity index (χ2n) is 8.28. The van der Waals surface area contributed by atoms with Crippen LogP contribution in [-0.4, -0.2) is 73.6 Å². The predicted molar refractivity (Wildman–Crippen MR) is 114 cm³/mol. The van der Waals surface area contributed by atoms with Gasteiger partial charge in [-0.25, -0.2) is 0 Å². The van der Waals surface area contributed by atoms with Crippen LogP contribution in [0.25, 0.3) is 0 Å². The lowest BCUT2D eigenvalue weighted by Gasteiger charge is -2.36. The second kappa shape index (κ2) is 9.48. The molecule has 1 aromatic carbocycles. The van der Waals surface area contributed by atoms with Gasteiger partial charge in [-0.3, -0.25) is 14.7 Å². The zero-order valence-corrected chi connectivity index (χ0v) is 17.4. The number of carbonyl (C=O) groups is 1. The fourth-order valence-electron chi connectivity index (χ4n) is 3.76. The van der Waals surface area contributed by atoms with E-state index in [1.807, 2.05) is 13.1 Å². The number of hydrogen-bond acceptors (Lipinski definition) is 4. The summed E-state index contributed by atoms with van der Waals surface area (Å²) in [5.74, 6) is 2.05. The van der Waals surface area contributed by atoms with Crippen molar-refractivity contribution in [2.24, 2.45) is 4.99 Å². The molecule has 158 valence electrons. The monoisotopic (exact) mass is 399 g/mol. The largest absolute Gasteiger partial charge is 0.490 e.